The molecule has 0 spiro atoms. The number of thiazole rings is 1. The van der Waals surface area contributed by atoms with Crippen LogP contribution in [0.3, 0.4) is 0 Å². The minimum absolute atomic E-state index is 0.0578. The van der Waals surface area contributed by atoms with Crippen LogP contribution in [0.15, 0.2) is 22.2 Å². The lowest BCUT2D eigenvalue weighted by Gasteiger charge is -2.28. The molecule has 0 N–H and O–H groups in total. The summed E-state index contributed by atoms with van der Waals surface area (Å²) in [7, 11) is 0.923. The summed E-state index contributed by atoms with van der Waals surface area (Å²) in [6, 6.07) is 1.73. The van der Waals surface area contributed by atoms with Crippen LogP contribution in [-0.4, -0.2) is 73.8 Å². The van der Waals surface area contributed by atoms with Gasteiger partial charge in [-0.1, -0.05) is 0 Å². The summed E-state index contributed by atoms with van der Waals surface area (Å²) in [5.74, 6) is 0.0535. The van der Waals surface area contributed by atoms with Crippen LogP contribution in [0.5, 0.6) is 0 Å². The SMILES string of the molecule is CN(C)CCCN(C(=O)c1csc(-c2ccsc2)n1)C1CCS(=O)(=O)C1. The van der Waals surface area contributed by atoms with Crippen LogP contribution in [-0.2, 0) is 9.84 Å². The minimum Gasteiger partial charge on any atom is -0.333 e. The first-order valence-corrected chi connectivity index (χ1v) is 12.1. The number of sulfone groups is 1. The van der Waals surface area contributed by atoms with Crippen LogP contribution in [0.1, 0.15) is 23.3 Å². The van der Waals surface area contributed by atoms with E-state index in [2.05, 4.69) is 9.88 Å². The Kier molecular flexibility index (Phi) is 6.11. The molecular weight excluding hydrogens is 390 g/mol. The number of nitrogens with zero attached hydrogens (tertiary/aromatic N) is 3. The van der Waals surface area contributed by atoms with Crippen LogP contribution in [0.2, 0.25) is 0 Å². The minimum atomic E-state index is -3.05. The Morgan fingerprint density at radius 1 is 1.31 bits per heavy atom. The molecule has 0 radical (unpaired) electrons. The van der Waals surface area contributed by atoms with Crippen molar-refractivity contribution in [3.63, 3.8) is 0 Å². The van der Waals surface area contributed by atoms with Crippen LogP contribution >= 0.6 is 22.7 Å². The molecule has 1 amide bonds. The third kappa shape index (κ3) is 4.70. The van der Waals surface area contributed by atoms with E-state index in [9.17, 15) is 13.2 Å². The van der Waals surface area contributed by atoms with E-state index in [4.69, 9.17) is 0 Å². The molecule has 1 aliphatic heterocycles. The van der Waals surface area contributed by atoms with E-state index in [-0.39, 0.29) is 23.5 Å². The largest absolute Gasteiger partial charge is 0.333 e. The lowest BCUT2D eigenvalue weighted by atomic mass is 10.2. The predicted molar refractivity (Wildman–Crippen MR) is 107 cm³/mol. The first-order chi connectivity index (χ1) is 12.4. The van der Waals surface area contributed by atoms with E-state index in [0.29, 0.717) is 18.7 Å². The maximum absolute atomic E-state index is 13.1. The van der Waals surface area contributed by atoms with Crippen LogP contribution in [0.25, 0.3) is 10.6 Å². The normalized spacial score (nSPS) is 19.1. The standard InChI is InChI=1S/C17H23N3O3S3/c1-19(2)6-3-7-20(14-5-9-26(22,23)12-14)17(21)15-11-25-16(18-15)13-4-8-24-10-13/h4,8,10-11,14H,3,5-7,9,12H2,1-2H3. The number of thiophene rings is 1. The monoisotopic (exact) mass is 413 g/mol. The fourth-order valence-electron chi connectivity index (χ4n) is 3.07. The quantitative estimate of drug-likeness (QED) is 0.697. The number of hydrogen-bond acceptors (Lipinski definition) is 7. The molecule has 0 saturated carbocycles. The first-order valence-electron chi connectivity index (χ1n) is 8.50. The smallest absolute Gasteiger partial charge is 0.273 e. The molecule has 9 heteroatoms. The molecule has 1 unspecified atom stereocenters. The van der Waals surface area contributed by atoms with Gasteiger partial charge in [-0.05, 0) is 44.9 Å². The number of rotatable bonds is 7. The molecule has 1 atom stereocenters. The molecule has 2 aromatic rings. The van der Waals surface area contributed by atoms with Crippen molar-refractivity contribution in [1.29, 1.82) is 0 Å². The molecule has 0 aliphatic carbocycles. The molecule has 3 rings (SSSR count). The Bertz CT molecular complexity index is 844. The lowest BCUT2D eigenvalue weighted by molar-refractivity contribution is 0.0685. The second-order valence-corrected chi connectivity index (χ2v) is 10.6. The Labute approximate surface area is 162 Å². The number of carbonyl (C=O) groups is 1. The van der Waals surface area contributed by atoms with Gasteiger partial charge in [0.25, 0.3) is 5.91 Å². The molecule has 6 nitrogen and oxygen atoms in total. The average Bonchev–Trinajstić information content (AvgIpc) is 3.30. The summed E-state index contributed by atoms with van der Waals surface area (Å²) in [6.07, 6.45) is 1.31. The summed E-state index contributed by atoms with van der Waals surface area (Å²) in [4.78, 5) is 21.3. The van der Waals surface area contributed by atoms with E-state index in [0.717, 1.165) is 23.5 Å². The summed E-state index contributed by atoms with van der Waals surface area (Å²) < 4.78 is 23.8. The highest BCUT2D eigenvalue weighted by molar-refractivity contribution is 7.91. The van der Waals surface area contributed by atoms with Gasteiger partial charge in [0.05, 0.1) is 11.5 Å². The van der Waals surface area contributed by atoms with Gasteiger partial charge in [-0.2, -0.15) is 11.3 Å². The zero-order chi connectivity index (χ0) is 18.7. The van der Waals surface area contributed by atoms with Crippen molar-refractivity contribution in [2.45, 2.75) is 18.9 Å². The number of carbonyl (C=O) groups excluding carboxylic acids is 1. The van der Waals surface area contributed by atoms with Gasteiger partial charge >= 0.3 is 0 Å². The summed E-state index contributed by atoms with van der Waals surface area (Å²) in [5.41, 5.74) is 1.42. The number of amides is 1. The Balaban J connectivity index is 1.77. The molecule has 1 saturated heterocycles. The molecule has 0 aromatic carbocycles. The summed E-state index contributed by atoms with van der Waals surface area (Å²) in [6.45, 7) is 1.39. The zero-order valence-electron chi connectivity index (χ0n) is 14.9. The third-order valence-corrected chi connectivity index (χ3v) is 7.73. The molecular formula is C17H23N3O3S3. The number of aromatic nitrogens is 1. The van der Waals surface area contributed by atoms with Crippen LogP contribution in [0.4, 0.5) is 0 Å². The number of hydrogen-bond donors (Lipinski definition) is 0. The van der Waals surface area contributed by atoms with Crippen molar-refractivity contribution < 1.29 is 13.2 Å². The maximum atomic E-state index is 13.1. The lowest BCUT2D eigenvalue weighted by Crippen LogP contribution is -2.42. The molecule has 142 valence electrons. The van der Waals surface area contributed by atoms with E-state index in [1.165, 1.54) is 11.3 Å². The Hall–Kier alpha value is -1.29. The van der Waals surface area contributed by atoms with Gasteiger partial charge in [0.15, 0.2) is 9.84 Å². The molecule has 26 heavy (non-hydrogen) atoms. The fourth-order valence-corrected chi connectivity index (χ4v) is 6.30. The topological polar surface area (TPSA) is 70.6 Å². The van der Waals surface area contributed by atoms with Gasteiger partial charge in [-0.15, -0.1) is 11.3 Å². The fraction of sp³-hybridized carbons (Fsp3) is 0.529. The Morgan fingerprint density at radius 2 is 2.12 bits per heavy atom. The van der Waals surface area contributed by atoms with Crippen molar-refractivity contribution in [3.05, 3.63) is 27.9 Å². The second kappa shape index (κ2) is 8.16. The molecule has 1 aliphatic rings. The molecule has 1 fully saturated rings. The Morgan fingerprint density at radius 3 is 2.73 bits per heavy atom. The van der Waals surface area contributed by atoms with Gasteiger partial charge in [0, 0.05) is 28.9 Å². The van der Waals surface area contributed by atoms with E-state index < -0.39 is 9.84 Å². The highest BCUT2D eigenvalue weighted by Crippen LogP contribution is 2.27. The first kappa shape index (κ1) is 19.5. The van der Waals surface area contributed by atoms with Crippen molar-refractivity contribution in [1.82, 2.24) is 14.8 Å². The third-order valence-electron chi connectivity index (χ3n) is 4.41. The van der Waals surface area contributed by atoms with Crippen LogP contribution in [0, 0.1) is 0 Å². The molecule has 0 bridgehead atoms. The van der Waals surface area contributed by atoms with Gasteiger partial charge in [0.2, 0.25) is 0 Å². The summed E-state index contributed by atoms with van der Waals surface area (Å²) >= 11 is 3.04. The van der Waals surface area contributed by atoms with E-state index in [1.54, 1.807) is 21.6 Å². The van der Waals surface area contributed by atoms with Gasteiger partial charge in [-0.25, -0.2) is 13.4 Å². The van der Waals surface area contributed by atoms with E-state index in [1.807, 2.05) is 30.9 Å². The van der Waals surface area contributed by atoms with Gasteiger partial charge < -0.3 is 9.80 Å². The maximum Gasteiger partial charge on any atom is 0.273 e. The van der Waals surface area contributed by atoms with Crippen molar-refractivity contribution in [2.75, 3.05) is 38.7 Å². The van der Waals surface area contributed by atoms with E-state index >= 15 is 0 Å². The van der Waals surface area contributed by atoms with Crippen molar-refractivity contribution in [3.8, 4) is 10.6 Å². The second-order valence-electron chi connectivity index (χ2n) is 6.76. The van der Waals surface area contributed by atoms with Crippen molar-refractivity contribution >= 4 is 38.4 Å². The van der Waals surface area contributed by atoms with Gasteiger partial charge in [-0.3, -0.25) is 4.79 Å². The van der Waals surface area contributed by atoms with Gasteiger partial charge in [0.1, 0.15) is 10.7 Å². The van der Waals surface area contributed by atoms with Crippen molar-refractivity contribution in [2.24, 2.45) is 0 Å². The highest BCUT2D eigenvalue weighted by atomic mass is 32.2. The van der Waals surface area contributed by atoms with Crippen LogP contribution < -0.4 is 0 Å². The molecule has 2 aromatic heterocycles. The molecule has 3 heterocycles. The highest BCUT2D eigenvalue weighted by Gasteiger charge is 2.35. The zero-order valence-corrected chi connectivity index (χ0v) is 17.4. The predicted octanol–water partition coefficient (Wildman–Crippen LogP) is 2.45. The average molecular weight is 414 g/mol. The summed E-state index contributed by atoms with van der Waals surface area (Å²) in [5, 5.41) is 6.58.